The van der Waals surface area contributed by atoms with E-state index in [9.17, 15) is 4.79 Å². The Morgan fingerprint density at radius 2 is 1.86 bits per heavy atom. The molecule has 6 nitrogen and oxygen atoms in total. The summed E-state index contributed by atoms with van der Waals surface area (Å²) >= 11 is 6.55. The molecule has 0 aromatic carbocycles. The Bertz CT molecular complexity index is 885. The molecule has 0 aliphatic heterocycles. The summed E-state index contributed by atoms with van der Waals surface area (Å²) in [5.74, 6) is 1.65. The van der Waals surface area contributed by atoms with Crippen LogP contribution in [0.1, 0.15) is 65.2 Å². The maximum Gasteiger partial charge on any atom is 0.297 e. The maximum atomic E-state index is 11.4. The van der Waals surface area contributed by atoms with E-state index in [4.69, 9.17) is 21.1 Å². The molecular formula is C22H30ClN3O3. The second kappa shape index (κ2) is 8.50. The molecule has 29 heavy (non-hydrogen) atoms. The van der Waals surface area contributed by atoms with E-state index in [1.807, 2.05) is 18.5 Å². The number of nitrogens with zero attached hydrogens (tertiary/aromatic N) is 3. The normalized spacial score (nSPS) is 23.2. The SMILES string of the molecule is CC(=O)C(C)CC[C@H]1CC[C@H](Oc2nc3cnc(OC4CC4)c(Cl)c3n2C)CC1. The molecule has 7 heteroatoms. The third-order valence-electron chi connectivity index (χ3n) is 6.35. The summed E-state index contributed by atoms with van der Waals surface area (Å²) in [6.07, 6.45) is 10.7. The zero-order valence-corrected chi connectivity index (χ0v) is 18.2. The van der Waals surface area contributed by atoms with Gasteiger partial charge in [0.1, 0.15) is 28.5 Å². The molecule has 2 saturated carbocycles. The lowest BCUT2D eigenvalue weighted by molar-refractivity contribution is -0.120. The molecule has 2 heterocycles. The van der Waals surface area contributed by atoms with E-state index in [1.54, 1.807) is 13.1 Å². The van der Waals surface area contributed by atoms with E-state index in [1.165, 1.54) is 0 Å². The predicted octanol–water partition coefficient (Wildman–Crippen LogP) is 5.11. The number of hydrogen-bond donors (Lipinski definition) is 0. The quantitative estimate of drug-likeness (QED) is 0.595. The maximum absolute atomic E-state index is 11.4. The predicted molar refractivity (Wildman–Crippen MR) is 113 cm³/mol. The topological polar surface area (TPSA) is 66.2 Å². The smallest absolute Gasteiger partial charge is 0.297 e. The summed E-state index contributed by atoms with van der Waals surface area (Å²) in [5, 5.41) is 0.502. The molecule has 1 atom stereocenters. The number of Topliss-reactive ketones (excluding diaryl/α,β-unsaturated/α-hetero) is 1. The molecule has 0 N–H and O–H groups in total. The van der Waals surface area contributed by atoms with E-state index in [-0.39, 0.29) is 18.1 Å². The Hall–Kier alpha value is -1.82. The van der Waals surface area contributed by atoms with E-state index >= 15 is 0 Å². The largest absolute Gasteiger partial charge is 0.473 e. The van der Waals surface area contributed by atoms with Crippen LogP contribution in [0.15, 0.2) is 6.20 Å². The Morgan fingerprint density at radius 1 is 1.21 bits per heavy atom. The Labute approximate surface area is 176 Å². The standard InChI is InChI=1S/C22H30ClN3O3/c1-13(14(2)27)4-5-15-6-8-17(9-7-15)29-22-25-18-12-24-21(28-16-10-11-16)19(23)20(18)26(22)3/h12-13,15-17H,4-11H2,1-3H3/t13?,15-,17-. The van der Waals surface area contributed by atoms with Crippen molar-refractivity contribution in [2.75, 3.05) is 0 Å². The third-order valence-corrected chi connectivity index (χ3v) is 6.69. The minimum Gasteiger partial charge on any atom is -0.473 e. The Morgan fingerprint density at radius 3 is 2.52 bits per heavy atom. The lowest BCUT2D eigenvalue weighted by Gasteiger charge is -2.29. The first kappa shape index (κ1) is 20.5. The number of aromatic nitrogens is 3. The fraction of sp³-hybridized carbons (Fsp3) is 0.682. The minimum absolute atomic E-state index is 0.168. The second-order valence-electron chi connectivity index (χ2n) is 8.73. The van der Waals surface area contributed by atoms with E-state index in [0.29, 0.717) is 28.6 Å². The van der Waals surface area contributed by atoms with Crippen molar-refractivity contribution in [3.63, 3.8) is 0 Å². The van der Waals surface area contributed by atoms with Crippen molar-refractivity contribution in [2.24, 2.45) is 18.9 Å². The highest BCUT2D eigenvalue weighted by Gasteiger charge is 2.28. The van der Waals surface area contributed by atoms with Gasteiger partial charge in [-0.25, -0.2) is 4.98 Å². The van der Waals surface area contributed by atoms with Gasteiger partial charge >= 0.3 is 0 Å². The lowest BCUT2D eigenvalue weighted by Crippen LogP contribution is -2.25. The van der Waals surface area contributed by atoms with Crippen LogP contribution in [0.25, 0.3) is 11.0 Å². The lowest BCUT2D eigenvalue weighted by atomic mass is 9.82. The molecule has 0 amide bonds. The van der Waals surface area contributed by atoms with Gasteiger partial charge in [-0.15, -0.1) is 0 Å². The van der Waals surface area contributed by atoms with Crippen LogP contribution in [-0.2, 0) is 11.8 Å². The molecule has 4 rings (SSSR count). The molecule has 0 radical (unpaired) electrons. The molecule has 158 valence electrons. The summed E-state index contributed by atoms with van der Waals surface area (Å²) in [7, 11) is 1.92. The monoisotopic (exact) mass is 419 g/mol. The number of carbonyl (C=O) groups is 1. The van der Waals surface area contributed by atoms with Gasteiger partial charge in [0.05, 0.1) is 11.7 Å². The molecule has 0 saturated heterocycles. The van der Waals surface area contributed by atoms with Crippen LogP contribution in [-0.4, -0.2) is 32.5 Å². The zero-order chi connectivity index (χ0) is 20.5. The van der Waals surface area contributed by atoms with E-state index < -0.39 is 0 Å². The molecule has 2 aliphatic carbocycles. The van der Waals surface area contributed by atoms with Crippen molar-refractivity contribution in [2.45, 2.75) is 77.4 Å². The number of aryl methyl sites for hydroxylation is 1. The van der Waals surface area contributed by atoms with Crippen LogP contribution in [0.3, 0.4) is 0 Å². The van der Waals surface area contributed by atoms with Crippen molar-refractivity contribution >= 4 is 28.4 Å². The van der Waals surface area contributed by atoms with Gasteiger partial charge in [-0.1, -0.05) is 18.5 Å². The minimum atomic E-state index is 0.168. The van der Waals surface area contributed by atoms with Crippen LogP contribution in [0.2, 0.25) is 5.02 Å². The first-order valence-electron chi connectivity index (χ1n) is 10.8. The highest BCUT2D eigenvalue weighted by molar-refractivity contribution is 6.36. The van der Waals surface area contributed by atoms with Crippen LogP contribution in [0.5, 0.6) is 11.9 Å². The molecule has 2 fully saturated rings. The molecule has 0 spiro atoms. The van der Waals surface area contributed by atoms with Gasteiger partial charge in [0.25, 0.3) is 6.01 Å². The first-order valence-corrected chi connectivity index (χ1v) is 11.1. The van der Waals surface area contributed by atoms with E-state index in [2.05, 4.69) is 9.97 Å². The van der Waals surface area contributed by atoms with Gasteiger partial charge in [0.15, 0.2) is 0 Å². The van der Waals surface area contributed by atoms with Crippen molar-refractivity contribution in [3.8, 4) is 11.9 Å². The van der Waals surface area contributed by atoms with Gasteiger partial charge in [-0.05, 0) is 64.2 Å². The fourth-order valence-electron chi connectivity index (χ4n) is 4.03. The first-order chi connectivity index (χ1) is 13.9. The Kier molecular flexibility index (Phi) is 6.00. The molecular weight excluding hydrogens is 390 g/mol. The number of imidazole rings is 1. The number of hydrogen-bond acceptors (Lipinski definition) is 5. The van der Waals surface area contributed by atoms with Crippen molar-refractivity contribution < 1.29 is 14.3 Å². The van der Waals surface area contributed by atoms with E-state index in [0.717, 1.165) is 62.4 Å². The van der Waals surface area contributed by atoms with Gasteiger partial charge < -0.3 is 9.47 Å². The van der Waals surface area contributed by atoms with Crippen molar-refractivity contribution in [1.29, 1.82) is 0 Å². The number of halogens is 1. The highest BCUT2D eigenvalue weighted by atomic mass is 35.5. The van der Waals surface area contributed by atoms with Crippen LogP contribution >= 0.6 is 11.6 Å². The zero-order valence-electron chi connectivity index (χ0n) is 17.5. The molecule has 2 aliphatic rings. The van der Waals surface area contributed by atoms with Gasteiger partial charge in [-0.3, -0.25) is 9.36 Å². The van der Waals surface area contributed by atoms with Gasteiger partial charge in [0, 0.05) is 13.0 Å². The summed E-state index contributed by atoms with van der Waals surface area (Å²) in [4.78, 5) is 20.4. The number of ketones is 1. The van der Waals surface area contributed by atoms with Crippen molar-refractivity contribution in [3.05, 3.63) is 11.2 Å². The number of pyridine rings is 1. The fourth-order valence-corrected chi connectivity index (χ4v) is 4.35. The molecule has 2 aromatic heterocycles. The number of carbonyl (C=O) groups excluding carboxylic acids is 1. The summed E-state index contributed by atoms with van der Waals surface area (Å²) < 4.78 is 13.9. The van der Waals surface area contributed by atoms with Crippen LogP contribution < -0.4 is 9.47 Å². The van der Waals surface area contributed by atoms with Crippen LogP contribution in [0.4, 0.5) is 0 Å². The van der Waals surface area contributed by atoms with Gasteiger partial charge in [-0.2, -0.15) is 4.98 Å². The average Bonchev–Trinajstić information content (AvgIpc) is 3.46. The average molecular weight is 420 g/mol. The summed E-state index contributed by atoms with van der Waals surface area (Å²) in [5.41, 5.74) is 1.53. The highest BCUT2D eigenvalue weighted by Crippen LogP contribution is 2.37. The summed E-state index contributed by atoms with van der Waals surface area (Å²) in [6, 6.07) is 0.584. The van der Waals surface area contributed by atoms with Crippen molar-refractivity contribution in [1.82, 2.24) is 14.5 Å². The Balaban J connectivity index is 1.37. The molecule has 1 unspecified atom stereocenters. The van der Waals surface area contributed by atoms with Crippen LogP contribution in [0, 0.1) is 11.8 Å². The number of ether oxygens (including phenoxy) is 2. The third kappa shape index (κ3) is 4.68. The number of rotatable bonds is 8. The molecule has 0 bridgehead atoms. The summed E-state index contributed by atoms with van der Waals surface area (Å²) in [6.45, 7) is 3.72. The molecule has 2 aromatic rings. The number of fused-ring (bicyclic) bond motifs is 1. The second-order valence-corrected chi connectivity index (χ2v) is 9.11. The van der Waals surface area contributed by atoms with Gasteiger partial charge in [0.2, 0.25) is 5.88 Å².